The van der Waals surface area contributed by atoms with Gasteiger partial charge in [-0.25, -0.2) is 4.79 Å². The molecule has 0 saturated carbocycles. The molecule has 25 heavy (non-hydrogen) atoms. The summed E-state index contributed by atoms with van der Waals surface area (Å²) >= 11 is 0. The van der Waals surface area contributed by atoms with Crippen molar-refractivity contribution in [3.8, 4) is 0 Å². The normalized spacial score (nSPS) is 11.5. The number of nitrogens with two attached hydrogens (primary N) is 1. The summed E-state index contributed by atoms with van der Waals surface area (Å²) < 4.78 is 5.15. The Morgan fingerprint density at radius 2 is 1.40 bits per heavy atom. The van der Waals surface area contributed by atoms with Crippen molar-refractivity contribution < 1.29 is 9.53 Å². The summed E-state index contributed by atoms with van der Waals surface area (Å²) in [5.74, 6) is 2.05. The van der Waals surface area contributed by atoms with E-state index in [9.17, 15) is 4.79 Å². The van der Waals surface area contributed by atoms with E-state index in [4.69, 9.17) is 10.5 Å². The zero-order valence-corrected chi connectivity index (χ0v) is 18.2. The van der Waals surface area contributed by atoms with Gasteiger partial charge < -0.3 is 15.8 Å². The second-order valence-corrected chi connectivity index (χ2v) is 10.4. The van der Waals surface area contributed by atoms with Gasteiger partial charge in [-0.2, -0.15) is 0 Å². The Balaban J connectivity index is 3.15. The molecule has 1 amide bonds. The van der Waals surface area contributed by atoms with Crippen LogP contribution in [0.4, 0.5) is 4.79 Å². The van der Waals surface area contributed by atoms with Gasteiger partial charge in [-0.15, -0.1) is 0 Å². The molecule has 0 aromatic carbocycles. The lowest BCUT2D eigenvalue weighted by Gasteiger charge is -2.18. The maximum atomic E-state index is 11.5. The highest BCUT2D eigenvalue weighted by Crippen LogP contribution is 2.22. The fraction of sp³-hybridized carbons (Fsp3) is 0.947. The van der Waals surface area contributed by atoms with Crippen molar-refractivity contribution in [2.24, 2.45) is 11.1 Å². The van der Waals surface area contributed by atoms with Crippen molar-refractivity contribution in [1.29, 1.82) is 0 Å². The van der Waals surface area contributed by atoms with E-state index in [0.29, 0.717) is 13.2 Å². The Morgan fingerprint density at radius 1 is 0.880 bits per heavy atom. The first-order valence-corrected chi connectivity index (χ1v) is 12.3. The van der Waals surface area contributed by atoms with Crippen LogP contribution in [0.3, 0.4) is 0 Å². The first-order valence-electron chi connectivity index (χ1n) is 9.81. The van der Waals surface area contributed by atoms with Gasteiger partial charge in [0.1, 0.15) is 6.61 Å². The molecule has 4 nitrogen and oxygen atoms in total. The van der Waals surface area contributed by atoms with Crippen molar-refractivity contribution in [3.05, 3.63) is 0 Å². The van der Waals surface area contributed by atoms with Crippen LogP contribution in [0.25, 0.3) is 0 Å². The van der Waals surface area contributed by atoms with Gasteiger partial charge in [0.25, 0.3) is 0 Å². The Kier molecular flexibility index (Phi) is 17.3. The number of rotatable bonds is 16. The number of carbonyl (C=O) groups is 1. The molecule has 0 saturated heterocycles. The molecular weight excluding hydrogens is 352 g/mol. The Hall–Kier alpha value is -0.0700. The second-order valence-electron chi connectivity index (χ2n) is 7.66. The monoisotopic (exact) mass is 392 g/mol. The van der Waals surface area contributed by atoms with Gasteiger partial charge in [0.2, 0.25) is 0 Å². The van der Waals surface area contributed by atoms with Gasteiger partial charge in [0.15, 0.2) is 0 Å². The van der Waals surface area contributed by atoms with Crippen molar-refractivity contribution in [3.63, 3.8) is 0 Å². The number of unbranched alkanes of at least 4 members (excludes halogenated alkanes) is 8. The van der Waals surface area contributed by atoms with E-state index < -0.39 is 0 Å². The van der Waals surface area contributed by atoms with E-state index >= 15 is 0 Å². The molecule has 0 fully saturated rings. The largest absolute Gasteiger partial charge is 0.449 e. The number of alkyl carbamates (subject to hydrolysis) is 1. The summed E-state index contributed by atoms with van der Waals surface area (Å²) in [6, 6.07) is 0. The molecule has 150 valence electrons. The maximum absolute atomic E-state index is 11.5. The number of ether oxygens (including phenoxy) is 1. The second kappa shape index (κ2) is 17.3. The third-order valence-electron chi connectivity index (χ3n) is 3.68. The molecule has 0 radical (unpaired) electrons. The minimum absolute atomic E-state index is 0.0914. The van der Waals surface area contributed by atoms with Gasteiger partial charge in [-0.05, 0) is 24.8 Å². The summed E-state index contributed by atoms with van der Waals surface area (Å²) in [4.78, 5) is 11.5. The van der Waals surface area contributed by atoms with E-state index in [2.05, 4.69) is 26.1 Å². The van der Waals surface area contributed by atoms with Crippen LogP contribution in [0.1, 0.15) is 78.6 Å². The highest BCUT2D eigenvalue weighted by atomic mass is 33.1. The standard InChI is InChI=1S/C19H40N2O2S2/c1-19(2,3)17-21-18(22)23-14-16-25-24-15-12-10-8-6-4-5-7-9-11-13-20/h4-17,20H2,1-3H3,(H,21,22). The molecule has 0 aliphatic heterocycles. The van der Waals surface area contributed by atoms with Crippen LogP contribution >= 0.6 is 21.6 Å². The quantitative estimate of drug-likeness (QED) is 0.264. The summed E-state index contributed by atoms with van der Waals surface area (Å²) in [5.41, 5.74) is 5.58. The first-order chi connectivity index (χ1) is 12.0. The maximum Gasteiger partial charge on any atom is 0.407 e. The van der Waals surface area contributed by atoms with E-state index in [1.165, 1.54) is 63.5 Å². The summed E-state index contributed by atoms with van der Waals surface area (Å²) in [6.07, 6.45) is 11.6. The fourth-order valence-electron chi connectivity index (χ4n) is 2.22. The van der Waals surface area contributed by atoms with E-state index in [1.807, 2.05) is 10.8 Å². The van der Waals surface area contributed by atoms with Gasteiger partial charge in [-0.3, -0.25) is 0 Å². The highest BCUT2D eigenvalue weighted by molar-refractivity contribution is 8.76. The predicted molar refractivity (Wildman–Crippen MR) is 114 cm³/mol. The van der Waals surface area contributed by atoms with Crippen LogP contribution in [0.15, 0.2) is 0 Å². The molecule has 0 aliphatic rings. The molecule has 0 spiro atoms. The van der Waals surface area contributed by atoms with Gasteiger partial charge in [-0.1, -0.05) is 87.3 Å². The Morgan fingerprint density at radius 3 is 1.96 bits per heavy atom. The zero-order chi connectivity index (χ0) is 18.8. The van der Waals surface area contributed by atoms with Gasteiger partial charge in [0.05, 0.1) is 0 Å². The Labute approximate surface area is 163 Å². The molecule has 0 aliphatic carbocycles. The number of nitrogens with one attached hydrogen (secondary N) is 1. The van der Waals surface area contributed by atoms with Crippen LogP contribution in [0, 0.1) is 5.41 Å². The smallest absolute Gasteiger partial charge is 0.407 e. The number of hydrogen-bond donors (Lipinski definition) is 2. The zero-order valence-electron chi connectivity index (χ0n) is 16.6. The molecule has 0 atom stereocenters. The highest BCUT2D eigenvalue weighted by Gasteiger charge is 2.12. The molecule has 0 bridgehead atoms. The number of carbonyl (C=O) groups excluding carboxylic acids is 1. The third-order valence-corrected chi connectivity index (χ3v) is 6.13. The first kappa shape index (κ1) is 24.9. The van der Waals surface area contributed by atoms with Crippen LogP contribution in [-0.2, 0) is 4.74 Å². The molecule has 0 heterocycles. The SMILES string of the molecule is CC(C)(C)CNC(=O)OCCSSCCCCCCCCCCCN. The molecule has 3 N–H and O–H groups in total. The number of hydrogen-bond acceptors (Lipinski definition) is 5. The van der Waals surface area contributed by atoms with Gasteiger partial charge >= 0.3 is 6.09 Å². The lowest BCUT2D eigenvalue weighted by molar-refractivity contribution is 0.149. The van der Waals surface area contributed by atoms with Crippen LogP contribution < -0.4 is 11.1 Å². The van der Waals surface area contributed by atoms with Crippen molar-refractivity contribution >= 4 is 27.7 Å². The summed E-state index contributed by atoms with van der Waals surface area (Å²) in [5, 5.41) is 2.79. The summed E-state index contributed by atoms with van der Waals surface area (Å²) in [7, 11) is 3.69. The molecule has 0 aromatic rings. The minimum Gasteiger partial charge on any atom is -0.449 e. The molecule has 0 aromatic heterocycles. The van der Waals surface area contributed by atoms with Gasteiger partial charge in [0, 0.05) is 18.1 Å². The van der Waals surface area contributed by atoms with Crippen LogP contribution in [0.2, 0.25) is 0 Å². The number of amides is 1. The van der Waals surface area contributed by atoms with Crippen molar-refractivity contribution in [2.45, 2.75) is 78.6 Å². The van der Waals surface area contributed by atoms with E-state index in [0.717, 1.165) is 12.3 Å². The fourth-order valence-corrected chi connectivity index (χ4v) is 4.19. The molecule has 0 rings (SSSR count). The van der Waals surface area contributed by atoms with Crippen molar-refractivity contribution in [1.82, 2.24) is 5.32 Å². The minimum atomic E-state index is -0.302. The lowest BCUT2D eigenvalue weighted by Crippen LogP contribution is -2.33. The summed E-state index contributed by atoms with van der Waals surface area (Å²) in [6.45, 7) is 8.22. The van der Waals surface area contributed by atoms with E-state index in [-0.39, 0.29) is 11.5 Å². The average molecular weight is 393 g/mol. The van der Waals surface area contributed by atoms with Crippen molar-refractivity contribution in [2.75, 3.05) is 31.2 Å². The molecule has 0 unspecified atom stereocenters. The van der Waals surface area contributed by atoms with Crippen LogP contribution in [0.5, 0.6) is 0 Å². The molecule has 6 heteroatoms. The third kappa shape index (κ3) is 21.9. The topological polar surface area (TPSA) is 64.3 Å². The van der Waals surface area contributed by atoms with E-state index in [1.54, 1.807) is 10.8 Å². The predicted octanol–water partition coefficient (Wildman–Crippen LogP) is 5.61. The van der Waals surface area contributed by atoms with Crippen LogP contribution in [-0.4, -0.2) is 37.3 Å². The Bertz CT molecular complexity index is 310. The molecular formula is C19H40N2O2S2. The average Bonchev–Trinajstić information content (AvgIpc) is 2.56. The lowest BCUT2D eigenvalue weighted by atomic mass is 9.97.